The average molecular weight is 274 g/mol. The van der Waals surface area contributed by atoms with Gasteiger partial charge in [0.1, 0.15) is 0 Å². The van der Waals surface area contributed by atoms with E-state index in [2.05, 4.69) is 25.9 Å². The van der Waals surface area contributed by atoms with Gasteiger partial charge in [-0.2, -0.15) is 5.10 Å². The van der Waals surface area contributed by atoms with Crippen LogP contribution in [-0.4, -0.2) is 45.0 Å². The number of aromatic nitrogens is 2. The predicted octanol–water partition coefficient (Wildman–Crippen LogP) is 1.27. The van der Waals surface area contributed by atoms with Crippen LogP contribution in [0.2, 0.25) is 0 Å². The van der Waals surface area contributed by atoms with Gasteiger partial charge >= 0.3 is 0 Å². The summed E-state index contributed by atoms with van der Waals surface area (Å²) in [6.07, 6.45) is 3.80. The van der Waals surface area contributed by atoms with Gasteiger partial charge in [0, 0.05) is 25.8 Å². The molecule has 1 aromatic heterocycles. The van der Waals surface area contributed by atoms with E-state index in [1.165, 1.54) is 0 Å². The largest absolute Gasteiger partial charge is 0.389 e. The molecule has 1 N–H and O–H groups in total. The summed E-state index contributed by atoms with van der Waals surface area (Å²) >= 11 is 3.38. The molecule has 0 unspecified atom stereocenters. The molecule has 15 heavy (non-hydrogen) atoms. The first-order chi connectivity index (χ1) is 6.94. The third kappa shape index (κ3) is 2.80. The van der Waals surface area contributed by atoms with Crippen molar-refractivity contribution in [3.8, 4) is 0 Å². The van der Waals surface area contributed by atoms with Crippen molar-refractivity contribution in [3.63, 3.8) is 0 Å². The Bertz CT molecular complexity index is 339. The number of β-amino-alcohol motifs (C(OH)–C–C–N with tert-alkyl or cyclic N) is 1. The summed E-state index contributed by atoms with van der Waals surface area (Å²) in [4.78, 5) is 2.24. The maximum Gasteiger partial charge on any atom is 0.0773 e. The Morgan fingerprint density at radius 2 is 2.27 bits per heavy atom. The second-order valence-corrected chi connectivity index (χ2v) is 5.71. The molecule has 84 valence electrons. The highest BCUT2D eigenvalue weighted by atomic mass is 79.9. The summed E-state index contributed by atoms with van der Waals surface area (Å²) in [5.41, 5.74) is -0.602. The Labute approximate surface area is 98.0 Å². The molecule has 1 aromatic rings. The van der Waals surface area contributed by atoms with Gasteiger partial charge in [0.15, 0.2) is 0 Å². The third-order valence-corrected chi connectivity index (χ3v) is 2.90. The van der Waals surface area contributed by atoms with Crippen LogP contribution >= 0.6 is 15.9 Å². The molecular formula is C10H16BrN3O. The van der Waals surface area contributed by atoms with Gasteiger partial charge in [-0.1, -0.05) is 0 Å². The van der Waals surface area contributed by atoms with Gasteiger partial charge in [0.05, 0.1) is 22.3 Å². The zero-order chi connectivity index (χ0) is 11.1. The lowest BCUT2D eigenvalue weighted by molar-refractivity contribution is -0.00660. The SMILES string of the molecule is CC(C)(O)CN1CC(n2cc(Br)cn2)C1. The van der Waals surface area contributed by atoms with E-state index in [1.54, 1.807) is 6.20 Å². The molecule has 0 atom stereocenters. The van der Waals surface area contributed by atoms with Crippen LogP contribution in [-0.2, 0) is 0 Å². The quantitative estimate of drug-likeness (QED) is 0.902. The normalized spacial score (nSPS) is 19.2. The Kier molecular flexibility index (Phi) is 2.87. The molecule has 0 aliphatic carbocycles. The molecular weight excluding hydrogens is 258 g/mol. The summed E-state index contributed by atoms with van der Waals surface area (Å²) in [7, 11) is 0. The molecule has 1 aliphatic heterocycles. The minimum Gasteiger partial charge on any atom is -0.389 e. The van der Waals surface area contributed by atoms with E-state index in [0.717, 1.165) is 24.1 Å². The Hall–Kier alpha value is -0.390. The second-order valence-electron chi connectivity index (χ2n) is 4.80. The highest BCUT2D eigenvalue weighted by Crippen LogP contribution is 2.23. The molecule has 0 amide bonds. The highest BCUT2D eigenvalue weighted by molar-refractivity contribution is 9.10. The first kappa shape index (κ1) is 11.1. The Morgan fingerprint density at radius 3 is 2.73 bits per heavy atom. The predicted molar refractivity (Wildman–Crippen MR) is 61.7 cm³/mol. The minimum absolute atomic E-state index is 0.457. The van der Waals surface area contributed by atoms with Crippen molar-refractivity contribution in [2.45, 2.75) is 25.5 Å². The first-order valence-electron chi connectivity index (χ1n) is 5.08. The molecule has 1 aliphatic rings. The monoisotopic (exact) mass is 273 g/mol. The number of hydrogen-bond donors (Lipinski definition) is 1. The van der Waals surface area contributed by atoms with E-state index in [-0.39, 0.29) is 0 Å². The van der Waals surface area contributed by atoms with Gasteiger partial charge in [-0.15, -0.1) is 0 Å². The van der Waals surface area contributed by atoms with E-state index in [4.69, 9.17) is 0 Å². The van der Waals surface area contributed by atoms with E-state index < -0.39 is 5.60 Å². The van der Waals surface area contributed by atoms with Crippen molar-refractivity contribution in [2.75, 3.05) is 19.6 Å². The summed E-state index contributed by atoms with van der Waals surface area (Å²) in [6.45, 7) is 6.35. The third-order valence-electron chi connectivity index (χ3n) is 2.49. The Morgan fingerprint density at radius 1 is 1.60 bits per heavy atom. The van der Waals surface area contributed by atoms with Gasteiger partial charge in [-0.05, 0) is 29.8 Å². The standard InChI is InChI=1S/C10H16BrN3O/c1-10(2,15)7-13-5-9(6-13)14-4-8(11)3-12-14/h3-4,9,15H,5-7H2,1-2H3. The first-order valence-corrected chi connectivity index (χ1v) is 5.88. The molecule has 0 aromatic carbocycles. The lowest BCUT2D eigenvalue weighted by Crippen LogP contribution is -2.52. The number of hydrogen-bond acceptors (Lipinski definition) is 3. The molecule has 0 spiro atoms. The summed E-state index contributed by atoms with van der Waals surface area (Å²) in [5.74, 6) is 0. The van der Waals surface area contributed by atoms with Crippen molar-refractivity contribution in [3.05, 3.63) is 16.9 Å². The number of nitrogens with zero attached hydrogens (tertiary/aromatic N) is 3. The molecule has 0 saturated carbocycles. The maximum atomic E-state index is 9.64. The van der Waals surface area contributed by atoms with Crippen molar-refractivity contribution in [2.24, 2.45) is 0 Å². The van der Waals surface area contributed by atoms with Crippen LogP contribution < -0.4 is 0 Å². The summed E-state index contributed by atoms with van der Waals surface area (Å²) in [5, 5.41) is 13.9. The molecule has 1 saturated heterocycles. The number of halogens is 1. The molecule has 0 radical (unpaired) electrons. The zero-order valence-corrected chi connectivity index (χ0v) is 10.6. The molecule has 5 heteroatoms. The summed E-state index contributed by atoms with van der Waals surface area (Å²) < 4.78 is 2.99. The topological polar surface area (TPSA) is 41.3 Å². The lowest BCUT2D eigenvalue weighted by Gasteiger charge is -2.41. The zero-order valence-electron chi connectivity index (χ0n) is 9.02. The van der Waals surface area contributed by atoms with Gasteiger partial charge in [-0.25, -0.2) is 0 Å². The lowest BCUT2D eigenvalue weighted by atomic mass is 10.0. The van der Waals surface area contributed by atoms with Crippen LogP contribution in [0.1, 0.15) is 19.9 Å². The summed E-state index contributed by atoms with van der Waals surface area (Å²) in [6, 6.07) is 0.457. The fourth-order valence-corrected chi connectivity index (χ4v) is 2.20. The van der Waals surface area contributed by atoms with Crippen LogP contribution in [0.25, 0.3) is 0 Å². The van der Waals surface area contributed by atoms with Gasteiger partial charge in [0.25, 0.3) is 0 Å². The van der Waals surface area contributed by atoms with Crippen LogP contribution in [0, 0.1) is 0 Å². The number of aliphatic hydroxyl groups is 1. The van der Waals surface area contributed by atoms with Crippen molar-refractivity contribution in [1.29, 1.82) is 0 Å². The molecule has 4 nitrogen and oxygen atoms in total. The number of rotatable bonds is 3. The van der Waals surface area contributed by atoms with Crippen molar-refractivity contribution >= 4 is 15.9 Å². The molecule has 1 fully saturated rings. The van der Waals surface area contributed by atoms with E-state index in [0.29, 0.717) is 6.04 Å². The van der Waals surface area contributed by atoms with Gasteiger partial charge < -0.3 is 5.11 Å². The van der Waals surface area contributed by atoms with Crippen LogP contribution in [0.4, 0.5) is 0 Å². The fourth-order valence-electron chi connectivity index (χ4n) is 1.90. The fraction of sp³-hybridized carbons (Fsp3) is 0.700. The number of likely N-dealkylation sites (tertiary alicyclic amines) is 1. The average Bonchev–Trinajstić information content (AvgIpc) is 2.41. The minimum atomic E-state index is -0.602. The smallest absolute Gasteiger partial charge is 0.0773 e. The van der Waals surface area contributed by atoms with Crippen LogP contribution in [0.15, 0.2) is 16.9 Å². The van der Waals surface area contributed by atoms with Gasteiger partial charge in [0.2, 0.25) is 0 Å². The molecule has 0 bridgehead atoms. The molecule has 2 heterocycles. The van der Waals surface area contributed by atoms with Crippen molar-refractivity contribution in [1.82, 2.24) is 14.7 Å². The van der Waals surface area contributed by atoms with Crippen LogP contribution in [0.3, 0.4) is 0 Å². The Balaban J connectivity index is 1.84. The van der Waals surface area contributed by atoms with Crippen LogP contribution in [0.5, 0.6) is 0 Å². The maximum absolute atomic E-state index is 9.64. The highest BCUT2D eigenvalue weighted by Gasteiger charge is 2.31. The van der Waals surface area contributed by atoms with E-state index in [9.17, 15) is 5.11 Å². The van der Waals surface area contributed by atoms with E-state index in [1.807, 2.05) is 24.7 Å². The van der Waals surface area contributed by atoms with E-state index >= 15 is 0 Å². The second kappa shape index (κ2) is 3.88. The van der Waals surface area contributed by atoms with Crippen molar-refractivity contribution < 1.29 is 5.11 Å². The van der Waals surface area contributed by atoms with Gasteiger partial charge in [-0.3, -0.25) is 9.58 Å². The molecule has 2 rings (SSSR count).